The first-order chi connectivity index (χ1) is 15.7. The van der Waals surface area contributed by atoms with Gasteiger partial charge in [-0.05, 0) is 83.0 Å². The highest BCUT2D eigenvalue weighted by Gasteiger charge is 2.06. The molecule has 0 atom stereocenters. The quantitative estimate of drug-likeness (QED) is 0.179. The summed E-state index contributed by atoms with van der Waals surface area (Å²) in [6, 6.07) is 12.5. The monoisotopic (exact) mass is 453 g/mol. The number of carbonyl (C=O) groups is 1. The molecule has 0 unspecified atom stereocenters. The minimum Gasteiger partial charge on any atom is -0.458 e. The van der Waals surface area contributed by atoms with Crippen LogP contribution in [0.3, 0.4) is 0 Å². The molecule has 2 amide bonds. The van der Waals surface area contributed by atoms with Crippen molar-refractivity contribution in [2.24, 2.45) is 0 Å². The summed E-state index contributed by atoms with van der Waals surface area (Å²) in [5.41, 5.74) is 3.32. The number of allylic oxidation sites excluding steroid dienone is 2. The molecular weight excluding hydrogens is 414 g/mol. The van der Waals surface area contributed by atoms with Crippen LogP contribution in [0.25, 0.3) is 0 Å². The molecule has 2 rings (SSSR count). The lowest BCUT2D eigenvalue weighted by Crippen LogP contribution is -2.24. The summed E-state index contributed by atoms with van der Waals surface area (Å²) >= 11 is 0. The van der Waals surface area contributed by atoms with E-state index in [1.54, 1.807) is 30.3 Å². The molecule has 0 heterocycles. The van der Waals surface area contributed by atoms with Crippen LogP contribution in [0.2, 0.25) is 0 Å². The second-order valence-corrected chi connectivity index (χ2v) is 7.16. The lowest BCUT2D eigenvalue weighted by Gasteiger charge is -2.12. The van der Waals surface area contributed by atoms with E-state index in [2.05, 4.69) is 45.9 Å². The molecule has 4 N–H and O–H groups in total. The fourth-order valence-electron chi connectivity index (χ4n) is 2.31. The Labute approximate surface area is 199 Å². The van der Waals surface area contributed by atoms with Gasteiger partial charge in [0.05, 0.1) is 0 Å². The molecule has 0 fully saturated rings. The van der Waals surface area contributed by atoms with Crippen molar-refractivity contribution in [2.75, 3.05) is 50.8 Å². The maximum atomic E-state index is 12.1. The van der Waals surface area contributed by atoms with Crippen molar-refractivity contribution < 1.29 is 9.53 Å². The van der Waals surface area contributed by atoms with E-state index in [1.165, 1.54) is 6.08 Å². The normalized spacial score (nSPS) is 9.30. The highest BCUT2D eigenvalue weighted by atomic mass is 16.5. The number of aryl methyl sites for hydroxylation is 1. The number of hydrogen-bond acceptors (Lipinski definition) is 5. The standard InChI is InChI=1S/C19H21N3O2.C4H12N2.C3H6/c1-5-14(3)24-17-10-8-15(9-11-17)21-19(23)22-18-12-16(20-4)7-6-13(18)2;1-5-4-6(2)3;1-3-2/h5-12,20H,1,3H2,2,4H3,(H2,21,22,23);5H,4H2,1-3H3;3H,1H2,2H3. The number of benzene rings is 2. The van der Waals surface area contributed by atoms with E-state index in [0.29, 0.717) is 17.2 Å². The molecule has 0 aliphatic carbocycles. The SMILES string of the molecule is C=CC.C=CC(=C)Oc1ccc(NC(=O)Nc2cc(NC)ccc2C)cc1.CNCN(C)C. The fraction of sp³-hybridized carbons (Fsp3) is 0.269. The van der Waals surface area contributed by atoms with Gasteiger partial charge in [0.2, 0.25) is 0 Å². The van der Waals surface area contributed by atoms with Gasteiger partial charge in [-0.1, -0.05) is 25.3 Å². The molecule has 0 spiro atoms. The summed E-state index contributed by atoms with van der Waals surface area (Å²) in [6.45, 7) is 15.4. The topological polar surface area (TPSA) is 77.7 Å². The Morgan fingerprint density at radius 1 is 1.03 bits per heavy atom. The van der Waals surface area contributed by atoms with Gasteiger partial charge in [-0.25, -0.2) is 4.79 Å². The van der Waals surface area contributed by atoms with Crippen molar-refractivity contribution in [1.82, 2.24) is 10.2 Å². The molecular formula is C26H39N5O2. The number of nitrogens with zero attached hydrogens (tertiary/aromatic N) is 1. The molecule has 0 aliphatic heterocycles. The average molecular weight is 454 g/mol. The molecule has 2 aromatic rings. The number of urea groups is 1. The van der Waals surface area contributed by atoms with Crippen molar-refractivity contribution in [1.29, 1.82) is 0 Å². The van der Waals surface area contributed by atoms with Gasteiger partial charge in [-0.15, -0.1) is 6.58 Å². The molecule has 0 saturated carbocycles. The number of amides is 2. The number of nitrogens with one attached hydrogen (secondary N) is 4. The Morgan fingerprint density at radius 2 is 1.61 bits per heavy atom. The lowest BCUT2D eigenvalue weighted by molar-refractivity contribution is 0.262. The minimum atomic E-state index is -0.310. The average Bonchev–Trinajstić information content (AvgIpc) is 2.77. The van der Waals surface area contributed by atoms with Crippen LogP contribution in [0.4, 0.5) is 21.9 Å². The van der Waals surface area contributed by atoms with Gasteiger partial charge in [0, 0.05) is 30.8 Å². The van der Waals surface area contributed by atoms with Crippen LogP contribution in [0.15, 0.2) is 80.1 Å². The molecule has 0 saturated heterocycles. The predicted molar refractivity (Wildman–Crippen MR) is 143 cm³/mol. The first-order valence-corrected chi connectivity index (χ1v) is 10.5. The van der Waals surface area contributed by atoms with E-state index in [4.69, 9.17) is 4.74 Å². The summed E-state index contributed by atoms with van der Waals surface area (Å²) in [7, 11) is 7.81. The molecule has 2 aromatic carbocycles. The number of rotatable bonds is 8. The molecule has 7 heteroatoms. The van der Waals surface area contributed by atoms with E-state index in [1.807, 2.05) is 60.2 Å². The maximum absolute atomic E-state index is 12.1. The van der Waals surface area contributed by atoms with Gasteiger partial charge >= 0.3 is 6.03 Å². The van der Waals surface area contributed by atoms with Crippen molar-refractivity contribution in [3.8, 4) is 5.75 Å². The highest BCUT2D eigenvalue weighted by molar-refractivity contribution is 6.00. The zero-order valence-electron chi connectivity index (χ0n) is 20.8. The van der Waals surface area contributed by atoms with Crippen LogP contribution >= 0.6 is 0 Å². The lowest BCUT2D eigenvalue weighted by atomic mass is 10.2. The van der Waals surface area contributed by atoms with Crippen LogP contribution in [0.1, 0.15) is 12.5 Å². The molecule has 0 radical (unpaired) electrons. The number of ether oxygens (including phenoxy) is 1. The van der Waals surface area contributed by atoms with E-state index in [0.717, 1.165) is 23.6 Å². The summed E-state index contributed by atoms with van der Waals surface area (Å²) in [5.74, 6) is 1.09. The largest absolute Gasteiger partial charge is 0.458 e. The van der Waals surface area contributed by atoms with Gasteiger partial charge in [-0.2, -0.15) is 0 Å². The Kier molecular flexibility index (Phi) is 15.2. The first-order valence-electron chi connectivity index (χ1n) is 10.5. The van der Waals surface area contributed by atoms with E-state index in [-0.39, 0.29) is 6.03 Å². The van der Waals surface area contributed by atoms with E-state index in [9.17, 15) is 4.79 Å². The first kappa shape index (κ1) is 29.5. The van der Waals surface area contributed by atoms with Crippen LogP contribution < -0.4 is 26.0 Å². The van der Waals surface area contributed by atoms with Gasteiger partial charge in [-0.3, -0.25) is 4.90 Å². The molecule has 0 aliphatic rings. The Balaban J connectivity index is 0.000000969. The minimum absolute atomic E-state index is 0.310. The summed E-state index contributed by atoms with van der Waals surface area (Å²) in [4.78, 5) is 14.2. The zero-order chi connectivity index (χ0) is 25.2. The van der Waals surface area contributed by atoms with Crippen molar-refractivity contribution in [2.45, 2.75) is 13.8 Å². The van der Waals surface area contributed by atoms with Gasteiger partial charge < -0.3 is 26.0 Å². The Morgan fingerprint density at radius 3 is 2.06 bits per heavy atom. The molecule has 0 bridgehead atoms. The maximum Gasteiger partial charge on any atom is 0.323 e. The number of hydrogen-bond donors (Lipinski definition) is 4. The van der Waals surface area contributed by atoms with E-state index < -0.39 is 0 Å². The number of carbonyl (C=O) groups excluding carboxylic acids is 1. The van der Waals surface area contributed by atoms with Crippen LogP contribution in [-0.4, -0.2) is 45.8 Å². The summed E-state index contributed by atoms with van der Waals surface area (Å²) in [5, 5.41) is 11.7. The van der Waals surface area contributed by atoms with Gasteiger partial charge in [0.25, 0.3) is 0 Å². The zero-order valence-corrected chi connectivity index (χ0v) is 20.8. The van der Waals surface area contributed by atoms with Crippen molar-refractivity contribution in [3.05, 3.63) is 85.7 Å². The number of anilines is 3. The molecule has 7 nitrogen and oxygen atoms in total. The fourth-order valence-corrected chi connectivity index (χ4v) is 2.31. The smallest absolute Gasteiger partial charge is 0.323 e. The molecule has 180 valence electrons. The third kappa shape index (κ3) is 13.5. The second-order valence-electron chi connectivity index (χ2n) is 7.16. The van der Waals surface area contributed by atoms with Gasteiger partial charge in [0.1, 0.15) is 11.5 Å². The summed E-state index contributed by atoms with van der Waals surface area (Å²) in [6.07, 6.45) is 3.28. The van der Waals surface area contributed by atoms with Crippen LogP contribution in [-0.2, 0) is 0 Å². The molecule has 33 heavy (non-hydrogen) atoms. The second kappa shape index (κ2) is 17.1. The highest BCUT2D eigenvalue weighted by Crippen LogP contribution is 2.21. The van der Waals surface area contributed by atoms with Crippen molar-refractivity contribution >= 4 is 23.1 Å². The third-order valence-electron chi connectivity index (χ3n) is 3.84. The summed E-state index contributed by atoms with van der Waals surface area (Å²) < 4.78 is 5.41. The molecule has 0 aromatic heterocycles. The Bertz CT molecular complexity index is 877. The van der Waals surface area contributed by atoms with Crippen LogP contribution in [0, 0.1) is 6.92 Å². The third-order valence-corrected chi connectivity index (χ3v) is 3.84. The predicted octanol–water partition coefficient (Wildman–Crippen LogP) is 5.68. The van der Waals surface area contributed by atoms with Crippen LogP contribution in [0.5, 0.6) is 5.75 Å². The van der Waals surface area contributed by atoms with Crippen molar-refractivity contribution in [3.63, 3.8) is 0 Å². The Hall–Kier alpha value is -3.55. The van der Waals surface area contributed by atoms with Gasteiger partial charge in [0.15, 0.2) is 0 Å². The van der Waals surface area contributed by atoms with E-state index >= 15 is 0 Å².